The summed E-state index contributed by atoms with van der Waals surface area (Å²) < 4.78 is 37.6. The largest absolute Gasteiger partial charge is 0.391 e. The minimum Gasteiger partial charge on any atom is -0.313 e. The second-order valence-electron chi connectivity index (χ2n) is 5.90. The van der Waals surface area contributed by atoms with Crippen LogP contribution in [0.25, 0.3) is 0 Å². The van der Waals surface area contributed by atoms with E-state index < -0.39 is 12.1 Å². The average molecular weight is 278 g/mol. The van der Waals surface area contributed by atoms with E-state index in [0.29, 0.717) is 25.7 Å². The van der Waals surface area contributed by atoms with Crippen LogP contribution in [0.3, 0.4) is 0 Å². The van der Waals surface area contributed by atoms with Gasteiger partial charge in [-0.2, -0.15) is 13.2 Å². The van der Waals surface area contributed by atoms with Gasteiger partial charge in [-0.25, -0.2) is 0 Å². The molecule has 0 aromatic carbocycles. The van der Waals surface area contributed by atoms with E-state index in [2.05, 4.69) is 17.1 Å². The molecule has 2 rings (SSSR count). The maximum atomic E-state index is 12.5. The van der Waals surface area contributed by atoms with Crippen molar-refractivity contribution in [3.05, 3.63) is 0 Å². The Kier molecular flexibility index (Phi) is 5.12. The molecule has 2 saturated carbocycles. The van der Waals surface area contributed by atoms with Crippen molar-refractivity contribution in [2.75, 3.05) is 19.6 Å². The Balaban J connectivity index is 1.60. The van der Waals surface area contributed by atoms with Crippen LogP contribution in [0, 0.1) is 5.92 Å². The Hall–Kier alpha value is -0.290. The summed E-state index contributed by atoms with van der Waals surface area (Å²) in [7, 11) is 0. The Bertz CT molecular complexity index is 268. The minimum atomic E-state index is -3.99. The fraction of sp³-hybridized carbons (Fsp3) is 1.00. The number of nitrogens with one attached hydrogen (secondary N) is 1. The first-order valence-electron chi connectivity index (χ1n) is 7.55. The lowest BCUT2D eigenvalue weighted by Crippen LogP contribution is -2.41. The highest BCUT2D eigenvalue weighted by molar-refractivity contribution is 4.85. The van der Waals surface area contributed by atoms with Gasteiger partial charge >= 0.3 is 6.18 Å². The second kappa shape index (κ2) is 6.44. The van der Waals surface area contributed by atoms with Crippen molar-refractivity contribution in [2.45, 2.75) is 63.7 Å². The SMILES string of the molecule is CCN(CCNC1CCC(C(F)(F)F)CC1)C1CC1. The number of rotatable bonds is 6. The molecule has 112 valence electrons. The molecule has 0 aliphatic heterocycles. The molecule has 0 atom stereocenters. The molecule has 0 amide bonds. The molecule has 0 aromatic rings. The maximum Gasteiger partial charge on any atom is 0.391 e. The third-order valence-corrected chi connectivity index (χ3v) is 4.49. The van der Waals surface area contributed by atoms with Crippen molar-refractivity contribution >= 4 is 0 Å². The lowest BCUT2D eigenvalue weighted by Gasteiger charge is -2.31. The molecule has 19 heavy (non-hydrogen) atoms. The van der Waals surface area contributed by atoms with Gasteiger partial charge in [0.1, 0.15) is 0 Å². The average Bonchev–Trinajstić information content (AvgIpc) is 3.18. The summed E-state index contributed by atoms with van der Waals surface area (Å²) >= 11 is 0. The molecule has 0 bridgehead atoms. The number of hydrogen-bond donors (Lipinski definition) is 1. The zero-order valence-corrected chi connectivity index (χ0v) is 11.7. The van der Waals surface area contributed by atoms with Gasteiger partial charge in [0, 0.05) is 25.2 Å². The molecule has 1 N–H and O–H groups in total. The van der Waals surface area contributed by atoms with E-state index in [1.54, 1.807) is 0 Å². The minimum absolute atomic E-state index is 0.288. The summed E-state index contributed by atoms with van der Waals surface area (Å²) in [6.45, 7) is 5.19. The zero-order chi connectivity index (χ0) is 13.9. The second-order valence-corrected chi connectivity index (χ2v) is 5.90. The fourth-order valence-electron chi connectivity index (χ4n) is 3.08. The van der Waals surface area contributed by atoms with Crippen molar-refractivity contribution in [2.24, 2.45) is 5.92 Å². The van der Waals surface area contributed by atoms with Gasteiger partial charge in [0.25, 0.3) is 0 Å². The molecular weight excluding hydrogens is 253 g/mol. The van der Waals surface area contributed by atoms with Gasteiger partial charge in [-0.1, -0.05) is 6.92 Å². The van der Waals surface area contributed by atoms with Crippen LogP contribution in [0.2, 0.25) is 0 Å². The summed E-state index contributed by atoms with van der Waals surface area (Å²) in [5.41, 5.74) is 0. The van der Waals surface area contributed by atoms with Crippen molar-refractivity contribution in [1.82, 2.24) is 10.2 Å². The lowest BCUT2D eigenvalue weighted by atomic mass is 9.85. The smallest absolute Gasteiger partial charge is 0.313 e. The van der Waals surface area contributed by atoms with Crippen LogP contribution in [0.5, 0.6) is 0 Å². The molecule has 0 aromatic heterocycles. The molecule has 2 fully saturated rings. The fourth-order valence-corrected chi connectivity index (χ4v) is 3.08. The van der Waals surface area contributed by atoms with E-state index in [1.807, 2.05) is 0 Å². The predicted octanol–water partition coefficient (Wildman–Crippen LogP) is 3.18. The highest BCUT2D eigenvalue weighted by Gasteiger charge is 2.41. The Labute approximate surface area is 113 Å². The molecule has 2 aliphatic rings. The van der Waals surface area contributed by atoms with Gasteiger partial charge in [-0.05, 0) is 45.1 Å². The number of hydrogen-bond acceptors (Lipinski definition) is 2. The zero-order valence-electron chi connectivity index (χ0n) is 11.7. The van der Waals surface area contributed by atoms with Crippen molar-refractivity contribution in [3.8, 4) is 0 Å². The van der Waals surface area contributed by atoms with Gasteiger partial charge in [-0.3, -0.25) is 4.90 Å². The molecule has 0 unspecified atom stereocenters. The summed E-state index contributed by atoms with van der Waals surface area (Å²) in [5.74, 6) is -1.07. The Morgan fingerprint density at radius 1 is 1.05 bits per heavy atom. The molecule has 0 saturated heterocycles. The first-order chi connectivity index (χ1) is 9.00. The molecule has 2 nitrogen and oxygen atoms in total. The van der Waals surface area contributed by atoms with E-state index in [0.717, 1.165) is 25.7 Å². The number of nitrogens with zero attached hydrogens (tertiary/aromatic N) is 1. The summed E-state index contributed by atoms with van der Waals surface area (Å²) in [5, 5.41) is 3.43. The number of likely N-dealkylation sites (N-methyl/N-ethyl adjacent to an activating group) is 1. The van der Waals surface area contributed by atoms with E-state index in [1.165, 1.54) is 12.8 Å². The predicted molar refractivity (Wildman–Crippen MR) is 70.1 cm³/mol. The van der Waals surface area contributed by atoms with E-state index in [-0.39, 0.29) is 6.04 Å². The number of alkyl halides is 3. The highest BCUT2D eigenvalue weighted by atomic mass is 19.4. The van der Waals surface area contributed by atoms with Gasteiger partial charge in [0.2, 0.25) is 0 Å². The van der Waals surface area contributed by atoms with Crippen LogP contribution in [-0.4, -0.2) is 42.8 Å². The Morgan fingerprint density at radius 2 is 1.68 bits per heavy atom. The quantitative estimate of drug-likeness (QED) is 0.803. The summed E-state index contributed by atoms with van der Waals surface area (Å²) in [6, 6.07) is 1.06. The van der Waals surface area contributed by atoms with E-state index in [4.69, 9.17) is 0 Å². The van der Waals surface area contributed by atoms with E-state index in [9.17, 15) is 13.2 Å². The highest BCUT2D eigenvalue weighted by Crippen LogP contribution is 2.37. The standard InChI is InChI=1S/C14H25F3N2/c1-2-19(13-7-8-13)10-9-18-12-5-3-11(4-6-12)14(15,16)17/h11-13,18H,2-10H2,1H3. The summed E-state index contributed by atoms with van der Waals surface area (Å²) in [4.78, 5) is 2.47. The van der Waals surface area contributed by atoms with Crippen LogP contribution in [0.4, 0.5) is 13.2 Å². The maximum absolute atomic E-state index is 12.5. The molecule has 0 spiro atoms. The van der Waals surface area contributed by atoms with Crippen LogP contribution in [0.15, 0.2) is 0 Å². The van der Waals surface area contributed by atoms with Crippen molar-refractivity contribution < 1.29 is 13.2 Å². The number of halogens is 3. The normalized spacial score (nSPS) is 28.9. The van der Waals surface area contributed by atoms with Gasteiger partial charge in [0.05, 0.1) is 5.92 Å². The third-order valence-electron chi connectivity index (χ3n) is 4.49. The molecular formula is C14H25F3N2. The topological polar surface area (TPSA) is 15.3 Å². The van der Waals surface area contributed by atoms with Crippen molar-refractivity contribution in [3.63, 3.8) is 0 Å². The van der Waals surface area contributed by atoms with Crippen LogP contribution in [0.1, 0.15) is 45.4 Å². The van der Waals surface area contributed by atoms with E-state index >= 15 is 0 Å². The van der Waals surface area contributed by atoms with Gasteiger partial charge < -0.3 is 5.32 Å². The third kappa shape index (κ3) is 4.63. The monoisotopic (exact) mass is 278 g/mol. The van der Waals surface area contributed by atoms with Crippen LogP contribution >= 0.6 is 0 Å². The molecule has 0 heterocycles. The van der Waals surface area contributed by atoms with Crippen LogP contribution in [-0.2, 0) is 0 Å². The van der Waals surface area contributed by atoms with Gasteiger partial charge in [0.15, 0.2) is 0 Å². The Morgan fingerprint density at radius 3 is 2.16 bits per heavy atom. The lowest BCUT2D eigenvalue weighted by molar-refractivity contribution is -0.182. The van der Waals surface area contributed by atoms with Crippen LogP contribution < -0.4 is 5.32 Å². The molecule has 5 heteroatoms. The van der Waals surface area contributed by atoms with Gasteiger partial charge in [-0.15, -0.1) is 0 Å². The van der Waals surface area contributed by atoms with Crippen molar-refractivity contribution in [1.29, 1.82) is 0 Å². The first-order valence-corrected chi connectivity index (χ1v) is 7.55. The molecule has 2 aliphatic carbocycles. The first kappa shape index (κ1) is 15.1. The summed E-state index contributed by atoms with van der Waals surface area (Å²) in [6.07, 6.45) is 0.549. The molecule has 0 radical (unpaired) electrons.